The molecule has 0 fully saturated rings. The van der Waals surface area contributed by atoms with Gasteiger partial charge in [0.25, 0.3) is 0 Å². The van der Waals surface area contributed by atoms with Crippen LogP contribution in [0.4, 0.5) is 0 Å². The molecular formula is C10H15NO5. The lowest BCUT2D eigenvalue weighted by atomic mass is 10.3. The van der Waals surface area contributed by atoms with Gasteiger partial charge in [-0.1, -0.05) is 6.58 Å². The topological polar surface area (TPSA) is 88.8 Å². The molecule has 16 heavy (non-hydrogen) atoms. The van der Waals surface area contributed by atoms with E-state index in [1.54, 1.807) is 6.07 Å². The Morgan fingerprint density at radius 3 is 2.31 bits per heavy atom. The first-order valence-corrected chi connectivity index (χ1v) is 4.75. The minimum atomic E-state index is -0.734. The predicted molar refractivity (Wildman–Crippen MR) is 54.4 cm³/mol. The molecule has 0 atom stereocenters. The standard InChI is InChI=1S/C10H15NO5/c1-9(8-11)10(13)16-7-6-15-5-4-14-3-2-12/h12H,1-7H2. The number of carbonyl (C=O) groups is 1. The van der Waals surface area contributed by atoms with Crippen LogP contribution < -0.4 is 0 Å². The zero-order valence-electron chi connectivity index (χ0n) is 8.98. The summed E-state index contributed by atoms with van der Waals surface area (Å²) >= 11 is 0. The van der Waals surface area contributed by atoms with Gasteiger partial charge in [-0.3, -0.25) is 0 Å². The Bertz CT molecular complexity index is 258. The Kier molecular flexibility index (Phi) is 9.21. The van der Waals surface area contributed by atoms with E-state index in [2.05, 4.69) is 11.3 Å². The van der Waals surface area contributed by atoms with Crippen LogP contribution in [0.15, 0.2) is 12.2 Å². The van der Waals surface area contributed by atoms with Gasteiger partial charge in [0, 0.05) is 0 Å². The zero-order valence-corrected chi connectivity index (χ0v) is 8.98. The maximum atomic E-state index is 10.9. The molecule has 6 heteroatoms. The van der Waals surface area contributed by atoms with Crippen molar-refractivity contribution in [1.82, 2.24) is 0 Å². The number of nitrogens with zero attached hydrogens (tertiary/aromatic N) is 1. The highest BCUT2D eigenvalue weighted by Gasteiger charge is 2.06. The molecule has 0 aromatic rings. The summed E-state index contributed by atoms with van der Waals surface area (Å²) in [5, 5.41) is 16.7. The molecule has 90 valence electrons. The third-order valence-corrected chi connectivity index (χ3v) is 1.45. The van der Waals surface area contributed by atoms with Gasteiger partial charge in [-0.25, -0.2) is 4.79 Å². The third kappa shape index (κ3) is 7.94. The highest BCUT2D eigenvalue weighted by atomic mass is 16.6. The average molecular weight is 229 g/mol. The van der Waals surface area contributed by atoms with E-state index in [0.717, 1.165) is 0 Å². The van der Waals surface area contributed by atoms with Crippen molar-refractivity contribution in [3.8, 4) is 6.07 Å². The van der Waals surface area contributed by atoms with Crippen molar-refractivity contribution in [2.45, 2.75) is 0 Å². The van der Waals surface area contributed by atoms with Crippen molar-refractivity contribution >= 4 is 5.97 Å². The second-order valence-electron chi connectivity index (χ2n) is 2.67. The fourth-order valence-electron chi connectivity index (χ4n) is 0.713. The van der Waals surface area contributed by atoms with Crippen LogP contribution in [-0.4, -0.2) is 50.7 Å². The molecule has 0 aliphatic carbocycles. The minimum absolute atomic E-state index is 0.0200. The van der Waals surface area contributed by atoms with Gasteiger partial charge < -0.3 is 19.3 Å². The number of rotatable bonds is 9. The van der Waals surface area contributed by atoms with E-state index in [1.165, 1.54) is 0 Å². The summed E-state index contributed by atoms with van der Waals surface area (Å²) in [6.45, 7) is 4.49. The number of ether oxygens (including phenoxy) is 3. The molecule has 0 aromatic heterocycles. The molecule has 1 N–H and O–H groups in total. The molecule has 0 heterocycles. The van der Waals surface area contributed by atoms with Crippen LogP contribution in [0.3, 0.4) is 0 Å². The summed E-state index contributed by atoms with van der Waals surface area (Å²) in [5.41, 5.74) is -0.230. The lowest BCUT2D eigenvalue weighted by Gasteiger charge is -2.05. The van der Waals surface area contributed by atoms with Gasteiger partial charge in [0.2, 0.25) is 0 Å². The van der Waals surface area contributed by atoms with Crippen LogP contribution in [-0.2, 0) is 19.0 Å². The predicted octanol–water partition coefficient (Wildman–Crippen LogP) is -0.365. The van der Waals surface area contributed by atoms with E-state index in [1.807, 2.05) is 0 Å². The van der Waals surface area contributed by atoms with Gasteiger partial charge in [0.15, 0.2) is 0 Å². The Labute approximate surface area is 94.0 Å². The Morgan fingerprint density at radius 1 is 1.19 bits per heavy atom. The summed E-state index contributed by atoms with van der Waals surface area (Å²) in [4.78, 5) is 10.9. The fraction of sp³-hybridized carbons (Fsp3) is 0.600. The molecular weight excluding hydrogens is 214 g/mol. The number of aliphatic hydroxyl groups is 1. The van der Waals surface area contributed by atoms with E-state index in [-0.39, 0.29) is 32.0 Å². The summed E-state index contributed by atoms with van der Waals surface area (Å²) in [7, 11) is 0. The molecule has 0 radical (unpaired) electrons. The largest absolute Gasteiger partial charge is 0.459 e. The quantitative estimate of drug-likeness (QED) is 0.251. The van der Waals surface area contributed by atoms with Crippen LogP contribution in [0, 0.1) is 11.3 Å². The number of hydrogen-bond acceptors (Lipinski definition) is 6. The lowest BCUT2D eigenvalue weighted by Crippen LogP contribution is -2.14. The molecule has 0 amide bonds. The number of aliphatic hydroxyl groups excluding tert-OH is 1. The van der Waals surface area contributed by atoms with Crippen molar-refractivity contribution < 1.29 is 24.1 Å². The average Bonchev–Trinajstić information content (AvgIpc) is 2.31. The van der Waals surface area contributed by atoms with Crippen LogP contribution in [0.25, 0.3) is 0 Å². The van der Waals surface area contributed by atoms with E-state index in [0.29, 0.717) is 13.2 Å². The molecule has 0 aromatic carbocycles. The van der Waals surface area contributed by atoms with Crippen molar-refractivity contribution in [3.63, 3.8) is 0 Å². The second kappa shape index (κ2) is 10.1. The SMILES string of the molecule is C=C(C#N)C(=O)OCCOCCOCCO. The molecule has 0 rings (SSSR count). The first-order valence-electron chi connectivity index (χ1n) is 4.75. The molecule has 0 saturated carbocycles. The maximum Gasteiger partial charge on any atom is 0.348 e. The van der Waals surface area contributed by atoms with Crippen molar-refractivity contribution in [3.05, 3.63) is 12.2 Å². The zero-order chi connectivity index (χ0) is 12.2. The van der Waals surface area contributed by atoms with Gasteiger partial charge in [0.1, 0.15) is 18.2 Å². The smallest absolute Gasteiger partial charge is 0.348 e. The highest BCUT2D eigenvalue weighted by Crippen LogP contribution is 1.91. The molecule has 0 saturated heterocycles. The van der Waals surface area contributed by atoms with Gasteiger partial charge in [-0.05, 0) is 0 Å². The number of nitriles is 1. The van der Waals surface area contributed by atoms with Gasteiger partial charge in [-0.2, -0.15) is 5.26 Å². The minimum Gasteiger partial charge on any atom is -0.459 e. The molecule has 6 nitrogen and oxygen atoms in total. The van der Waals surface area contributed by atoms with E-state index in [4.69, 9.17) is 19.8 Å². The van der Waals surface area contributed by atoms with Crippen LogP contribution in [0.1, 0.15) is 0 Å². The maximum absolute atomic E-state index is 10.9. The van der Waals surface area contributed by atoms with E-state index >= 15 is 0 Å². The van der Waals surface area contributed by atoms with Crippen molar-refractivity contribution in [2.24, 2.45) is 0 Å². The summed E-state index contributed by atoms with van der Waals surface area (Å²) < 4.78 is 14.6. The number of hydrogen-bond donors (Lipinski definition) is 1. The second-order valence-corrected chi connectivity index (χ2v) is 2.67. The van der Waals surface area contributed by atoms with E-state index < -0.39 is 5.97 Å². The van der Waals surface area contributed by atoms with Crippen LogP contribution >= 0.6 is 0 Å². The fourth-order valence-corrected chi connectivity index (χ4v) is 0.713. The Morgan fingerprint density at radius 2 is 1.75 bits per heavy atom. The van der Waals surface area contributed by atoms with Crippen LogP contribution in [0.2, 0.25) is 0 Å². The summed E-state index contributed by atoms with van der Waals surface area (Å²) in [6.07, 6.45) is 0. The van der Waals surface area contributed by atoms with Gasteiger partial charge >= 0.3 is 5.97 Å². The Hall–Kier alpha value is -1.42. The first kappa shape index (κ1) is 14.6. The van der Waals surface area contributed by atoms with Gasteiger partial charge in [-0.15, -0.1) is 0 Å². The van der Waals surface area contributed by atoms with E-state index in [9.17, 15) is 4.79 Å². The first-order chi connectivity index (χ1) is 7.72. The summed E-state index contributed by atoms with van der Waals surface area (Å²) in [5.74, 6) is -0.734. The molecule has 0 bridgehead atoms. The van der Waals surface area contributed by atoms with Crippen molar-refractivity contribution in [1.29, 1.82) is 5.26 Å². The molecule has 0 aliphatic heterocycles. The van der Waals surface area contributed by atoms with Gasteiger partial charge in [0.05, 0.1) is 33.0 Å². The Balaban J connectivity index is 3.25. The lowest BCUT2D eigenvalue weighted by molar-refractivity contribution is -0.140. The van der Waals surface area contributed by atoms with Crippen molar-refractivity contribution in [2.75, 3.05) is 39.6 Å². The highest BCUT2D eigenvalue weighted by molar-refractivity contribution is 5.91. The number of carbonyl (C=O) groups excluding carboxylic acids is 1. The molecule has 0 aliphatic rings. The van der Waals surface area contributed by atoms with Crippen LogP contribution in [0.5, 0.6) is 0 Å². The molecule has 0 spiro atoms. The molecule has 0 unspecified atom stereocenters. The normalized spacial score (nSPS) is 9.50. The monoisotopic (exact) mass is 229 g/mol. The summed E-state index contributed by atoms with van der Waals surface area (Å²) in [6, 6.07) is 1.59. The third-order valence-electron chi connectivity index (χ3n) is 1.45. The number of esters is 1.